The second-order valence-corrected chi connectivity index (χ2v) is 9.77. The van der Waals surface area contributed by atoms with E-state index in [-0.39, 0.29) is 10.8 Å². The molecule has 1 atom stereocenters. The first-order chi connectivity index (χ1) is 13.8. The number of hydrogen-bond donors (Lipinski definition) is 2. The lowest BCUT2D eigenvalue weighted by Crippen LogP contribution is -3.08. The number of anilines is 1. The molecule has 1 fully saturated rings. The predicted octanol–water partition coefficient (Wildman–Crippen LogP) is 1.82. The van der Waals surface area contributed by atoms with Gasteiger partial charge in [-0.1, -0.05) is 36.2 Å². The standard InChI is InChI=1S/C22H29N3O3S/c1-18-6-8-19(9-7-18)16-24(2)17-22(26)23-20-10-12-21(13-11-20)29(27,28)25-14-4-3-5-15-25/h6-13H,3-5,14-17H2,1-2H3,(H,23,26)/p+1. The summed E-state index contributed by atoms with van der Waals surface area (Å²) >= 11 is 0. The van der Waals surface area contributed by atoms with Gasteiger partial charge in [0.05, 0.1) is 11.9 Å². The van der Waals surface area contributed by atoms with Crippen LogP contribution in [-0.4, -0.2) is 45.3 Å². The summed E-state index contributed by atoms with van der Waals surface area (Å²) in [6, 6.07) is 14.8. The number of rotatable bonds is 7. The first-order valence-electron chi connectivity index (χ1n) is 10.1. The van der Waals surface area contributed by atoms with E-state index in [1.54, 1.807) is 28.6 Å². The van der Waals surface area contributed by atoms with Crippen molar-refractivity contribution in [2.45, 2.75) is 37.6 Å². The topological polar surface area (TPSA) is 70.9 Å². The van der Waals surface area contributed by atoms with Gasteiger partial charge in [0.1, 0.15) is 6.54 Å². The molecule has 6 nitrogen and oxygen atoms in total. The van der Waals surface area contributed by atoms with Gasteiger partial charge in [0.2, 0.25) is 10.0 Å². The second-order valence-electron chi connectivity index (χ2n) is 7.83. The van der Waals surface area contributed by atoms with Gasteiger partial charge in [-0.05, 0) is 44.0 Å². The van der Waals surface area contributed by atoms with E-state index < -0.39 is 10.0 Å². The lowest BCUT2D eigenvalue weighted by atomic mass is 10.1. The minimum absolute atomic E-state index is 0.0961. The number of carbonyl (C=O) groups is 1. The number of quaternary nitrogens is 1. The van der Waals surface area contributed by atoms with Crippen LogP contribution in [0.3, 0.4) is 0 Å². The Labute approximate surface area is 173 Å². The third-order valence-electron chi connectivity index (χ3n) is 5.18. The smallest absolute Gasteiger partial charge is 0.279 e. The van der Waals surface area contributed by atoms with Gasteiger partial charge in [-0.25, -0.2) is 8.42 Å². The lowest BCUT2D eigenvalue weighted by Gasteiger charge is -2.25. The minimum Gasteiger partial charge on any atom is -0.326 e. The van der Waals surface area contributed by atoms with E-state index in [4.69, 9.17) is 0 Å². The molecule has 1 amide bonds. The highest BCUT2D eigenvalue weighted by molar-refractivity contribution is 7.89. The summed E-state index contributed by atoms with van der Waals surface area (Å²) in [7, 11) is -1.47. The average molecular weight is 417 g/mol. The molecule has 0 radical (unpaired) electrons. The van der Waals surface area contributed by atoms with Crippen LogP contribution in [0.2, 0.25) is 0 Å². The third kappa shape index (κ3) is 5.88. The van der Waals surface area contributed by atoms with Gasteiger partial charge in [0.15, 0.2) is 6.54 Å². The van der Waals surface area contributed by atoms with Crippen LogP contribution in [0.1, 0.15) is 30.4 Å². The molecule has 29 heavy (non-hydrogen) atoms. The Balaban J connectivity index is 1.54. The van der Waals surface area contributed by atoms with Crippen molar-refractivity contribution in [3.8, 4) is 0 Å². The molecule has 1 aliphatic rings. The van der Waals surface area contributed by atoms with Crippen LogP contribution in [0.15, 0.2) is 53.4 Å². The van der Waals surface area contributed by atoms with Crippen LogP contribution < -0.4 is 10.2 Å². The van der Waals surface area contributed by atoms with Crippen LogP contribution >= 0.6 is 0 Å². The Hall–Kier alpha value is -2.22. The molecule has 1 unspecified atom stereocenters. The number of aryl methyl sites for hydroxylation is 1. The highest BCUT2D eigenvalue weighted by Gasteiger charge is 2.25. The normalized spacial score (nSPS) is 16.3. The molecular formula is C22H30N3O3S+. The molecule has 0 aromatic heterocycles. The zero-order valence-electron chi connectivity index (χ0n) is 17.1. The van der Waals surface area contributed by atoms with E-state index in [2.05, 4.69) is 36.5 Å². The van der Waals surface area contributed by atoms with E-state index in [9.17, 15) is 13.2 Å². The monoisotopic (exact) mass is 416 g/mol. The molecule has 1 aliphatic heterocycles. The van der Waals surface area contributed by atoms with E-state index in [0.717, 1.165) is 30.7 Å². The molecule has 3 rings (SSSR count). The van der Waals surface area contributed by atoms with Crippen molar-refractivity contribution in [2.75, 3.05) is 32.0 Å². The maximum Gasteiger partial charge on any atom is 0.279 e. The highest BCUT2D eigenvalue weighted by atomic mass is 32.2. The van der Waals surface area contributed by atoms with Gasteiger partial charge < -0.3 is 10.2 Å². The number of benzene rings is 2. The maximum absolute atomic E-state index is 12.7. The first-order valence-corrected chi connectivity index (χ1v) is 11.6. The third-order valence-corrected chi connectivity index (χ3v) is 7.09. The summed E-state index contributed by atoms with van der Waals surface area (Å²) in [5.74, 6) is -0.0961. The first kappa shape index (κ1) is 21.5. The molecule has 1 heterocycles. The van der Waals surface area contributed by atoms with Crippen LogP contribution in [0.5, 0.6) is 0 Å². The number of nitrogens with zero attached hydrogens (tertiary/aromatic N) is 1. The maximum atomic E-state index is 12.7. The second kappa shape index (κ2) is 9.52. The Morgan fingerprint density at radius 1 is 1.00 bits per heavy atom. The van der Waals surface area contributed by atoms with Crippen LogP contribution in [0, 0.1) is 6.92 Å². The van der Waals surface area contributed by atoms with Gasteiger partial charge in [-0.15, -0.1) is 0 Å². The van der Waals surface area contributed by atoms with Gasteiger partial charge in [0, 0.05) is 24.3 Å². The van der Waals surface area contributed by atoms with Crippen molar-refractivity contribution in [2.24, 2.45) is 0 Å². The Morgan fingerprint density at radius 3 is 2.24 bits per heavy atom. The van der Waals surface area contributed by atoms with Crippen molar-refractivity contribution in [1.82, 2.24) is 4.31 Å². The molecule has 156 valence electrons. The molecule has 7 heteroatoms. The fourth-order valence-corrected chi connectivity index (χ4v) is 5.08. The highest BCUT2D eigenvalue weighted by Crippen LogP contribution is 2.21. The van der Waals surface area contributed by atoms with E-state index in [0.29, 0.717) is 25.3 Å². The van der Waals surface area contributed by atoms with Crippen molar-refractivity contribution < 1.29 is 18.1 Å². The zero-order valence-corrected chi connectivity index (χ0v) is 18.0. The Morgan fingerprint density at radius 2 is 1.62 bits per heavy atom. The molecule has 0 saturated carbocycles. The number of hydrogen-bond acceptors (Lipinski definition) is 3. The molecular weight excluding hydrogens is 386 g/mol. The van der Waals surface area contributed by atoms with E-state index >= 15 is 0 Å². The largest absolute Gasteiger partial charge is 0.326 e. The predicted molar refractivity (Wildman–Crippen MR) is 114 cm³/mol. The van der Waals surface area contributed by atoms with Crippen molar-refractivity contribution in [3.05, 3.63) is 59.7 Å². The fourth-order valence-electron chi connectivity index (χ4n) is 3.56. The summed E-state index contributed by atoms with van der Waals surface area (Å²) in [5.41, 5.74) is 3.01. The molecule has 1 saturated heterocycles. The quantitative estimate of drug-likeness (QED) is 0.723. The van der Waals surface area contributed by atoms with Crippen LogP contribution in [0.4, 0.5) is 5.69 Å². The number of piperidine rings is 1. The van der Waals surface area contributed by atoms with Gasteiger partial charge >= 0.3 is 0 Å². The Kier molecular flexibility index (Phi) is 7.05. The molecule has 2 aromatic carbocycles. The number of sulfonamides is 1. The summed E-state index contributed by atoms with van der Waals surface area (Å²) < 4.78 is 26.9. The summed E-state index contributed by atoms with van der Waals surface area (Å²) in [6.45, 7) is 4.31. The number of nitrogens with one attached hydrogen (secondary N) is 2. The summed E-state index contributed by atoms with van der Waals surface area (Å²) in [5, 5.41) is 2.86. The number of amides is 1. The molecule has 0 bridgehead atoms. The summed E-state index contributed by atoms with van der Waals surface area (Å²) in [4.78, 5) is 13.7. The van der Waals surface area contributed by atoms with Gasteiger partial charge in [-0.3, -0.25) is 4.79 Å². The molecule has 0 aliphatic carbocycles. The van der Waals surface area contributed by atoms with Crippen LogP contribution in [0.25, 0.3) is 0 Å². The fraction of sp³-hybridized carbons (Fsp3) is 0.409. The molecule has 0 spiro atoms. The van der Waals surface area contributed by atoms with Crippen LogP contribution in [-0.2, 0) is 21.4 Å². The zero-order chi connectivity index (χ0) is 20.9. The van der Waals surface area contributed by atoms with Gasteiger partial charge in [0.25, 0.3) is 5.91 Å². The van der Waals surface area contributed by atoms with E-state index in [1.807, 2.05) is 7.05 Å². The molecule has 2 aromatic rings. The number of carbonyl (C=O) groups excluding carboxylic acids is 1. The van der Waals surface area contributed by atoms with Gasteiger partial charge in [-0.2, -0.15) is 4.31 Å². The minimum atomic E-state index is -3.45. The van der Waals surface area contributed by atoms with Crippen molar-refractivity contribution in [3.63, 3.8) is 0 Å². The lowest BCUT2D eigenvalue weighted by molar-refractivity contribution is -0.885. The van der Waals surface area contributed by atoms with Crippen molar-refractivity contribution in [1.29, 1.82) is 0 Å². The summed E-state index contributed by atoms with van der Waals surface area (Å²) in [6.07, 6.45) is 2.90. The number of likely N-dealkylation sites (N-methyl/N-ethyl adjacent to an activating group) is 1. The SMILES string of the molecule is Cc1ccc(C[NH+](C)CC(=O)Nc2ccc(S(=O)(=O)N3CCCCC3)cc2)cc1. The average Bonchev–Trinajstić information content (AvgIpc) is 2.70. The Bertz CT molecular complexity index is 919. The van der Waals surface area contributed by atoms with E-state index in [1.165, 1.54) is 11.1 Å². The molecule has 2 N–H and O–H groups in total. The van der Waals surface area contributed by atoms with Crippen molar-refractivity contribution >= 4 is 21.6 Å².